The second kappa shape index (κ2) is 8.34. The lowest BCUT2D eigenvalue weighted by molar-refractivity contribution is 0.0721. The van der Waals surface area contributed by atoms with Crippen LogP contribution in [0.2, 0.25) is 0 Å². The lowest BCUT2D eigenvalue weighted by atomic mass is 10.1. The van der Waals surface area contributed by atoms with E-state index >= 15 is 0 Å². The molecule has 7 nitrogen and oxygen atoms in total. The number of pyridine rings is 1. The third kappa shape index (κ3) is 3.94. The van der Waals surface area contributed by atoms with E-state index in [1.165, 1.54) is 0 Å². The predicted octanol–water partition coefficient (Wildman–Crippen LogP) is 3.61. The van der Waals surface area contributed by atoms with E-state index in [-0.39, 0.29) is 17.6 Å². The number of hydrogen-bond donors (Lipinski definition) is 1. The molecule has 3 heterocycles. The summed E-state index contributed by atoms with van der Waals surface area (Å²) < 4.78 is 7.09. The number of aromatic nitrogens is 2. The number of likely N-dealkylation sites (tertiary alicyclic amines) is 1. The number of anilines is 1. The Morgan fingerprint density at radius 2 is 1.83 bits per heavy atom. The van der Waals surface area contributed by atoms with Crippen LogP contribution in [-0.2, 0) is 0 Å². The van der Waals surface area contributed by atoms with E-state index < -0.39 is 0 Å². The van der Waals surface area contributed by atoms with Crippen molar-refractivity contribution in [2.24, 2.45) is 0 Å². The van der Waals surface area contributed by atoms with Gasteiger partial charge in [0.05, 0.1) is 12.1 Å². The molecule has 29 heavy (non-hydrogen) atoms. The number of carbonyl (C=O) groups is 2. The molecule has 1 aliphatic rings. The fourth-order valence-electron chi connectivity index (χ4n) is 3.59. The van der Waals surface area contributed by atoms with Crippen LogP contribution >= 0.6 is 0 Å². The molecule has 4 rings (SSSR count). The number of fused-ring (bicyclic) bond motifs is 1. The Morgan fingerprint density at radius 1 is 1.07 bits per heavy atom. The summed E-state index contributed by atoms with van der Waals surface area (Å²) in [6.07, 6.45) is 4.90. The summed E-state index contributed by atoms with van der Waals surface area (Å²) in [6, 6.07) is 12.6. The second-order valence-electron chi connectivity index (χ2n) is 7.00. The lowest BCUT2D eigenvalue weighted by Crippen LogP contribution is -2.36. The highest BCUT2D eigenvalue weighted by Gasteiger charge is 2.26. The number of ether oxygens (including phenoxy) is 1. The molecule has 2 amide bonds. The number of nitrogens with one attached hydrogen (secondary N) is 1. The van der Waals surface area contributed by atoms with Gasteiger partial charge in [-0.2, -0.15) is 0 Å². The van der Waals surface area contributed by atoms with Crippen LogP contribution in [0.1, 0.15) is 47.3 Å². The van der Waals surface area contributed by atoms with Gasteiger partial charge in [-0.3, -0.25) is 14.0 Å². The van der Waals surface area contributed by atoms with Gasteiger partial charge in [0.15, 0.2) is 5.69 Å². The molecular weight excluding hydrogens is 368 g/mol. The Bertz CT molecular complexity index is 1020. The van der Waals surface area contributed by atoms with Crippen molar-refractivity contribution < 1.29 is 14.3 Å². The molecule has 1 aromatic carbocycles. The molecule has 0 unspecified atom stereocenters. The minimum atomic E-state index is -0.368. The first-order valence-corrected chi connectivity index (χ1v) is 9.98. The number of imidazole rings is 1. The Hall–Kier alpha value is -3.35. The Kier molecular flexibility index (Phi) is 5.46. The van der Waals surface area contributed by atoms with E-state index in [4.69, 9.17) is 4.74 Å². The smallest absolute Gasteiger partial charge is 0.292 e. The fourth-order valence-corrected chi connectivity index (χ4v) is 3.59. The molecule has 0 bridgehead atoms. The minimum absolute atomic E-state index is 0.117. The van der Waals surface area contributed by atoms with Gasteiger partial charge in [0.2, 0.25) is 5.82 Å². The van der Waals surface area contributed by atoms with E-state index in [1.807, 2.05) is 30.0 Å². The van der Waals surface area contributed by atoms with E-state index in [0.717, 1.165) is 38.1 Å². The van der Waals surface area contributed by atoms with Gasteiger partial charge in [0.25, 0.3) is 11.8 Å². The first-order valence-electron chi connectivity index (χ1n) is 9.98. The molecule has 0 saturated carbocycles. The number of benzene rings is 1. The van der Waals surface area contributed by atoms with Crippen LogP contribution < -0.4 is 10.1 Å². The summed E-state index contributed by atoms with van der Waals surface area (Å²) in [5, 5.41) is 2.85. The third-order valence-electron chi connectivity index (χ3n) is 5.02. The van der Waals surface area contributed by atoms with Gasteiger partial charge in [-0.25, -0.2) is 4.98 Å². The van der Waals surface area contributed by atoms with Gasteiger partial charge >= 0.3 is 0 Å². The summed E-state index contributed by atoms with van der Waals surface area (Å²) in [6.45, 7) is 3.97. The zero-order valence-electron chi connectivity index (χ0n) is 16.4. The third-order valence-corrected chi connectivity index (χ3v) is 5.02. The van der Waals surface area contributed by atoms with Crippen molar-refractivity contribution in [2.45, 2.75) is 26.2 Å². The summed E-state index contributed by atoms with van der Waals surface area (Å²) >= 11 is 0. The molecule has 1 fully saturated rings. The maximum atomic E-state index is 13.0. The minimum Gasteiger partial charge on any atom is -0.494 e. The lowest BCUT2D eigenvalue weighted by Gasteiger charge is -2.25. The number of carbonyl (C=O) groups excluding carboxylic acids is 2. The highest BCUT2D eigenvalue weighted by atomic mass is 16.5. The molecule has 1 N–H and O–H groups in total. The Balaban J connectivity index is 1.61. The van der Waals surface area contributed by atoms with Crippen molar-refractivity contribution in [2.75, 3.05) is 25.0 Å². The molecule has 0 spiro atoms. The van der Waals surface area contributed by atoms with Crippen molar-refractivity contribution in [1.29, 1.82) is 0 Å². The van der Waals surface area contributed by atoms with Crippen molar-refractivity contribution >= 4 is 23.0 Å². The molecular formula is C22H24N4O3. The average Bonchev–Trinajstić information content (AvgIpc) is 3.15. The number of hydrogen-bond acceptors (Lipinski definition) is 4. The van der Waals surface area contributed by atoms with Gasteiger partial charge in [0, 0.05) is 25.0 Å². The largest absolute Gasteiger partial charge is 0.494 e. The molecule has 2 aromatic heterocycles. The zero-order chi connectivity index (χ0) is 20.2. The number of piperidine rings is 1. The SMILES string of the molecule is CCOc1ccc(NC(=O)c2nc(C(=O)N3CCCCC3)c3ccccn23)cc1. The maximum Gasteiger partial charge on any atom is 0.292 e. The van der Waals surface area contributed by atoms with Gasteiger partial charge in [-0.1, -0.05) is 6.07 Å². The van der Waals surface area contributed by atoms with Crippen molar-refractivity contribution in [3.63, 3.8) is 0 Å². The van der Waals surface area contributed by atoms with Crippen LogP contribution in [0.15, 0.2) is 48.7 Å². The summed E-state index contributed by atoms with van der Waals surface area (Å²) in [5.74, 6) is 0.447. The monoisotopic (exact) mass is 392 g/mol. The second-order valence-corrected chi connectivity index (χ2v) is 7.00. The molecule has 0 radical (unpaired) electrons. The van der Waals surface area contributed by atoms with E-state index in [2.05, 4.69) is 10.3 Å². The predicted molar refractivity (Wildman–Crippen MR) is 111 cm³/mol. The number of rotatable bonds is 5. The van der Waals surface area contributed by atoms with E-state index in [9.17, 15) is 9.59 Å². The van der Waals surface area contributed by atoms with Gasteiger partial charge < -0.3 is 15.0 Å². The molecule has 3 aromatic rings. The van der Waals surface area contributed by atoms with Crippen molar-refractivity contribution in [1.82, 2.24) is 14.3 Å². The molecule has 150 valence electrons. The number of amides is 2. The molecule has 7 heteroatoms. The van der Waals surface area contributed by atoms with E-state index in [0.29, 0.717) is 23.5 Å². The van der Waals surface area contributed by atoms with Gasteiger partial charge in [-0.15, -0.1) is 0 Å². The molecule has 1 aliphatic heterocycles. The van der Waals surface area contributed by atoms with Crippen molar-refractivity contribution in [3.8, 4) is 5.75 Å². The van der Waals surface area contributed by atoms with Crippen LogP contribution in [0.4, 0.5) is 5.69 Å². The normalized spacial score (nSPS) is 14.0. The average molecular weight is 392 g/mol. The molecule has 1 saturated heterocycles. The standard InChI is InChI=1S/C22H24N4O3/c1-2-29-17-11-9-16(10-12-17)23-21(27)20-24-19(18-8-4-7-15-26(18)20)22(28)25-13-5-3-6-14-25/h4,7-12,15H,2-3,5-6,13-14H2,1H3,(H,23,27). The van der Waals surface area contributed by atoms with Crippen LogP contribution in [0.3, 0.4) is 0 Å². The molecule has 0 atom stereocenters. The fraction of sp³-hybridized carbons (Fsp3) is 0.318. The van der Waals surface area contributed by atoms with Gasteiger partial charge in [0.1, 0.15) is 5.75 Å². The van der Waals surface area contributed by atoms with Crippen LogP contribution in [0, 0.1) is 0 Å². The van der Waals surface area contributed by atoms with Crippen LogP contribution in [0.5, 0.6) is 5.75 Å². The highest BCUT2D eigenvalue weighted by Crippen LogP contribution is 2.20. The summed E-state index contributed by atoms with van der Waals surface area (Å²) in [5.41, 5.74) is 1.60. The Morgan fingerprint density at radius 3 is 2.55 bits per heavy atom. The maximum absolute atomic E-state index is 13.0. The van der Waals surface area contributed by atoms with Crippen molar-refractivity contribution in [3.05, 3.63) is 60.2 Å². The van der Waals surface area contributed by atoms with Crippen LogP contribution in [0.25, 0.3) is 5.52 Å². The Labute approximate surface area is 169 Å². The van der Waals surface area contributed by atoms with E-state index in [1.54, 1.807) is 34.9 Å². The zero-order valence-corrected chi connectivity index (χ0v) is 16.4. The first kappa shape index (κ1) is 19.0. The van der Waals surface area contributed by atoms with Crippen LogP contribution in [-0.4, -0.2) is 45.8 Å². The highest BCUT2D eigenvalue weighted by molar-refractivity contribution is 6.06. The summed E-state index contributed by atoms with van der Waals surface area (Å²) in [7, 11) is 0. The summed E-state index contributed by atoms with van der Waals surface area (Å²) in [4.78, 5) is 32.2. The van der Waals surface area contributed by atoms with Gasteiger partial charge in [-0.05, 0) is 62.6 Å². The quantitative estimate of drug-likeness (QED) is 0.720. The number of nitrogens with zero attached hydrogens (tertiary/aromatic N) is 3. The molecule has 0 aliphatic carbocycles. The topological polar surface area (TPSA) is 75.9 Å². The first-order chi connectivity index (χ1) is 14.2.